The third-order valence-electron chi connectivity index (χ3n) is 2.76. The van der Waals surface area contributed by atoms with E-state index in [0.29, 0.717) is 5.56 Å². The summed E-state index contributed by atoms with van der Waals surface area (Å²) in [6.07, 6.45) is 0. The highest BCUT2D eigenvalue weighted by Crippen LogP contribution is 2.22. The van der Waals surface area contributed by atoms with Gasteiger partial charge in [-0.25, -0.2) is 0 Å². The number of halogens is 1. The lowest BCUT2D eigenvalue weighted by molar-refractivity contribution is 1.37. The molecule has 3 nitrogen and oxygen atoms in total. The van der Waals surface area contributed by atoms with Crippen LogP contribution in [0.4, 0.5) is 5.69 Å². The van der Waals surface area contributed by atoms with Crippen LogP contribution in [0.1, 0.15) is 0 Å². The molecule has 1 aromatic rings. The van der Waals surface area contributed by atoms with Gasteiger partial charge in [-0.15, -0.1) is 12.4 Å². The van der Waals surface area contributed by atoms with Crippen molar-refractivity contribution in [3.05, 3.63) is 52.7 Å². The predicted molar refractivity (Wildman–Crippen MR) is 72.9 cm³/mol. The van der Waals surface area contributed by atoms with Gasteiger partial charge in [0.1, 0.15) is 0 Å². The Kier molecular flexibility index (Phi) is 2.77. The van der Waals surface area contributed by atoms with Crippen molar-refractivity contribution in [3.8, 4) is 11.3 Å². The monoisotopic (exact) mass is 246 g/mol. The van der Waals surface area contributed by atoms with Crippen LogP contribution in [0.2, 0.25) is 0 Å². The molecule has 0 radical (unpaired) electrons. The molecular formula is C13H11ClN2O. The van der Waals surface area contributed by atoms with Crippen LogP contribution in [0.5, 0.6) is 0 Å². The van der Waals surface area contributed by atoms with Crippen LogP contribution < -0.4 is 11.2 Å². The Labute approximate surface area is 104 Å². The number of nitrogens with one attached hydrogen (secondary N) is 1. The van der Waals surface area contributed by atoms with Crippen molar-refractivity contribution in [1.29, 1.82) is 0 Å². The highest BCUT2D eigenvalue weighted by molar-refractivity contribution is 5.86. The zero-order valence-electron chi connectivity index (χ0n) is 8.94. The van der Waals surface area contributed by atoms with E-state index in [1.54, 1.807) is 6.07 Å². The molecule has 1 heterocycles. The summed E-state index contributed by atoms with van der Waals surface area (Å²) >= 11 is 0. The number of H-pyrrole nitrogens is 1. The summed E-state index contributed by atoms with van der Waals surface area (Å²) < 4.78 is 0. The SMILES string of the molecule is Cl.Nc1ccc2[nH]c3ccccc3cc-2c1=O. The fourth-order valence-corrected chi connectivity index (χ4v) is 1.91. The highest BCUT2D eigenvalue weighted by Gasteiger charge is 2.09. The van der Waals surface area contributed by atoms with Crippen molar-refractivity contribution in [2.24, 2.45) is 0 Å². The molecule has 0 fully saturated rings. The summed E-state index contributed by atoms with van der Waals surface area (Å²) in [5, 5.41) is 1.01. The van der Waals surface area contributed by atoms with E-state index in [4.69, 9.17) is 5.73 Å². The fourth-order valence-electron chi connectivity index (χ4n) is 1.91. The second kappa shape index (κ2) is 4.11. The third kappa shape index (κ3) is 1.74. The number of para-hydroxylation sites is 1. The molecule has 1 aliphatic heterocycles. The Hall–Kier alpha value is -2.00. The van der Waals surface area contributed by atoms with E-state index in [2.05, 4.69) is 4.98 Å². The maximum atomic E-state index is 11.8. The van der Waals surface area contributed by atoms with Crippen molar-refractivity contribution in [3.63, 3.8) is 0 Å². The van der Waals surface area contributed by atoms with Gasteiger partial charge in [-0.05, 0) is 29.7 Å². The van der Waals surface area contributed by atoms with Crippen molar-refractivity contribution < 1.29 is 0 Å². The van der Waals surface area contributed by atoms with Crippen LogP contribution in [0.25, 0.3) is 22.2 Å². The molecule has 17 heavy (non-hydrogen) atoms. The molecular weight excluding hydrogens is 236 g/mol. The normalized spacial score (nSPS) is 10.4. The number of anilines is 1. The minimum atomic E-state index is -0.112. The molecule has 3 N–H and O–H groups in total. The number of nitrogens with two attached hydrogens (primary N) is 1. The molecule has 0 unspecified atom stereocenters. The molecule has 0 saturated heterocycles. The molecule has 86 valence electrons. The van der Waals surface area contributed by atoms with Gasteiger partial charge in [-0.2, -0.15) is 0 Å². The second-order valence-electron chi connectivity index (χ2n) is 3.80. The van der Waals surface area contributed by atoms with E-state index in [0.717, 1.165) is 16.6 Å². The first-order valence-corrected chi connectivity index (χ1v) is 5.06. The molecule has 0 atom stereocenters. The van der Waals surface area contributed by atoms with Gasteiger partial charge in [-0.3, -0.25) is 4.79 Å². The Morgan fingerprint density at radius 3 is 2.65 bits per heavy atom. The average Bonchev–Trinajstić information content (AvgIpc) is 2.32. The average molecular weight is 247 g/mol. The number of aromatic nitrogens is 1. The predicted octanol–water partition coefficient (Wildman–Crippen LogP) is 2.64. The zero-order valence-corrected chi connectivity index (χ0v) is 9.75. The Balaban J connectivity index is 0.00000108. The van der Waals surface area contributed by atoms with E-state index in [1.807, 2.05) is 36.4 Å². The number of fused-ring (bicyclic) bond motifs is 2. The number of nitrogen functional groups attached to an aromatic ring is 1. The van der Waals surface area contributed by atoms with Crippen molar-refractivity contribution in [2.75, 3.05) is 5.73 Å². The lowest BCUT2D eigenvalue weighted by Gasteiger charge is -2.08. The first-order chi connectivity index (χ1) is 7.75. The highest BCUT2D eigenvalue weighted by atomic mass is 35.5. The zero-order chi connectivity index (χ0) is 11.1. The van der Waals surface area contributed by atoms with Crippen LogP contribution in [-0.2, 0) is 0 Å². The van der Waals surface area contributed by atoms with E-state index < -0.39 is 0 Å². The molecule has 0 saturated carbocycles. The first kappa shape index (κ1) is 11.5. The number of hydrogen-bond acceptors (Lipinski definition) is 2. The van der Waals surface area contributed by atoms with E-state index in [9.17, 15) is 4.79 Å². The number of benzene rings is 2. The minimum Gasteiger partial charge on any atom is -0.396 e. The number of aromatic amines is 1. The Morgan fingerprint density at radius 1 is 1.06 bits per heavy atom. The minimum absolute atomic E-state index is 0. The largest absolute Gasteiger partial charge is 0.396 e. The van der Waals surface area contributed by atoms with Gasteiger partial charge in [-0.1, -0.05) is 18.2 Å². The van der Waals surface area contributed by atoms with E-state index >= 15 is 0 Å². The number of hydrogen-bond donors (Lipinski definition) is 2. The smallest absolute Gasteiger partial charge is 0.210 e. The van der Waals surface area contributed by atoms with Crippen molar-refractivity contribution >= 4 is 29.0 Å². The first-order valence-electron chi connectivity index (χ1n) is 5.06. The van der Waals surface area contributed by atoms with E-state index in [-0.39, 0.29) is 23.5 Å². The fraction of sp³-hybridized carbons (Fsp3) is 0. The Morgan fingerprint density at radius 2 is 1.82 bits per heavy atom. The van der Waals surface area contributed by atoms with Gasteiger partial charge >= 0.3 is 0 Å². The van der Waals surface area contributed by atoms with E-state index in [1.165, 1.54) is 0 Å². The number of pyridine rings is 1. The van der Waals surface area contributed by atoms with Gasteiger partial charge < -0.3 is 10.7 Å². The second-order valence-corrected chi connectivity index (χ2v) is 3.80. The molecule has 0 spiro atoms. The molecule has 2 aliphatic rings. The summed E-state index contributed by atoms with van der Waals surface area (Å²) in [7, 11) is 0. The summed E-state index contributed by atoms with van der Waals surface area (Å²) in [5.41, 5.74) is 8.25. The lowest BCUT2D eigenvalue weighted by Crippen LogP contribution is -2.11. The van der Waals surface area contributed by atoms with Gasteiger partial charge in [0.15, 0.2) is 0 Å². The molecule has 0 amide bonds. The standard InChI is InChI=1S/C13H10N2O.ClH/c14-10-5-6-12-9(13(10)16)7-8-3-1-2-4-11(8)15-12;/h1-7,15H,14H2;1H. The molecule has 1 aliphatic carbocycles. The Bertz CT molecular complexity index is 705. The molecule has 3 rings (SSSR count). The van der Waals surface area contributed by atoms with Gasteiger partial charge in [0.05, 0.1) is 5.69 Å². The maximum absolute atomic E-state index is 11.8. The van der Waals surface area contributed by atoms with Crippen LogP contribution >= 0.6 is 12.4 Å². The quantitative estimate of drug-likeness (QED) is 0.473. The lowest BCUT2D eigenvalue weighted by atomic mass is 10.0. The molecule has 1 aromatic carbocycles. The molecule has 0 bridgehead atoms. The number of rotatable bonds is 0. The molecule has 0 aromatic heterocycles. The third-order valence-corrected chi connectivity index (χ3v) is 2.76. The summed E-state index contributed by atoms with van der Waals surface area (Å²) in [6.45, 7) is 0. The topological polar surface area (TPSA) is 58.9 Å². The van der Waals surface area contributed by atoms with Crippen molar-refractivity contribution in [2.45, 2.75) is 0 Å². The van der Waals surface area contributed by atoms with Gasteiger partial charge in [0.25, 0.3) is 0 Å². The molecule has 4 heteroatoms. The van der Waals surface area contributed by atoms with Crippen LogP contribution in [0.3, 0.4) is 0 Å². The van der Waals surface area contributed by atoms with Crippen molar-refractivity contribution in [1.82, 2.24) is 4.98 Å². The summed E-state index contributed by atoms with van der Waals surface area (Å²) in [4.78, 5) is 15.0. The maximum Gasteiger partial charge on any atom is 0.210 e. The van der Waals surface area contributed by atoms with Crippen LogP contribution in [0.15, 0.2) is 47.3 Å². The van der Waals surface area contributed by atoms with Gasteiger partial charge in [0.2, 0.25) is 5.43 Å². The summed E-state index contributed by atoms with van der Waals surface area (Å²) in [6, 6.07) is 13.2. The van der Waals surface area contributed by atoms with Crippen LogP contribution in [0, 0.1) is 0 Å². The summed E-state index contributed by atoms with van der Waals surface area (Å²) in [5.74, 6) is 0. The van der Waals surface area contributed by atoms with Crippen LogP contribution in [-0.4, -0.2) is 4.98 Å². The van der Waals surface area contributed by atoms with Gasteiger partial charge in [0, 0.05) is 16.8 Å².